The summed E-state index contributed by atoms with van der Waals surface area (Å²) in [6.45, 7) is 3.86. The summed E-state index contributed by atoms with van der Waals surface area (Å²) in [5.41, 5.74) is 17.1. The fraction of sp³-hybridized carbons (Fsp3) is 0.407. The maximum Gasteiger partial charge on any atom is 0.411 e. The summed E-state index contributed by atoms with van der Waals surface area (Å²) >= 11 is 0. The minimum absolute atomic E-state index is 0.0400. The van der Waals surface area contributed by atoms with Crippen molar-refractivity contribution in [2.45, 2.75) is 51.7 Å². The van der Waals surface area contributed by atoms with Gasteiger partial charge < -0.3 is 27.0 Å². The van der Waals surface area contributed by atoms with Crippen LogP contribution in [0.1, 0.15) is 44.2 Å². The van der Waals surface area contributed by atoms with E-state index in [0.717, 1.165) is 11.1 Å². The smallest absolute Gasteiger partial charge is 0.411 e. The second kappa shape index (κ2) is 14.5. The maximum absolute atomic E-state index is 13.1. The van der Waals surface area contributed by atoms with Gasteiger partial charge in [-0.3, -0.25) is 10.3 Å². The average molecular weight is 526 g/mol. The number of ether oxygens (including phenoxy) is 1. The van der Waals surface area contributed by atoms with Crippen LogP contribution in [0.3, 0.4) is 0 Å². The van der Waals surface area contributed by atoms with Gasteiger partial charge in [0.15, 0.2) is 0 Å². The van der Waals surface area contributed by atoms with Gasteiger partial charge >= 0.3 is 12.1 Å². The molecular formula is C27H39N7O4. The van der Waals surface area contributed by atoms with Gasteiger partial charge in [-0.15, -0.1) is 5.10 Å². The topological polar surface area (TPSA) is 184 Å². The number of hydrazone groups is 1. The van der Waals surface area contributed by atoms with Crippen LogP contribution in [-0.2, 0) is 22.6 Å². The molecule has 0 saturated carbocycles. The molecule has 0 aliphatic rings. The van der Waals surface area contributed by atoms with Gasteiger partial charge in [0, 0.05) is 13.1 Å². The van der Waals surface area contributed by atoms with Gasteiger partial charge in [-0.1, -0.05) is 67.6 Å². The predicted molar refractivity (Wildman–Crippen MR) is 147 cm³/mol. The van der Waals surface area contributed by atoms with E-state index in [9.17, 15) is 14.7 Å². The number of guanidine groups is 2. The lowest BCUT2D eigenvalue weighted by Gasteiger charge is -2.40. The van der Waals surface area contributed by atoms with E-state index < -0.39 is 17.6 Å². The van der Waals surface area contributed by atoms with Crippen molar-refractivity contribution in [1.29, 1.82) is 5.41 Å². The molecule has 11 heteroatoms. The highest BCUT2D eigenvalue weighted by Crippen LogP contribution is 2.30. The van der Waals surface area contributed by atoms with E-state index in [0.29, 0.717) is 12.8 Å². The van der Waals surface area contributed by atoms with Gasteiger partial charge in [-0.05, 0) is 49.7 Å². The Bertz CT molecular complexity index is 1080. The number of aliphatic carboxylic acids is 1. The zero-order valence-corrected chi connectivity index (χ0v) is 22.0. The number of nitrogens with two attached hydrogens (primary N) is 3. The normalized spacial score (nSPS) is 13.0. The number of benzene rings is 2. The Hall–Kier alpha value is -4.28. The largest absolute Gasteiger partial charge is 0.479 e. The van der Waals surface area contributed by atoms with Crippen LogP contribution in [0.25, 0.3) is 0 Å². The SMILES string of the molecule is CCN(C(=O)OCc1ccccc1)[C@](CC)(CCC(Cc1ccccc1)CN(N=C(N)N)C(=N)N)C(=O)O. The van der Waals surface area contributed by atoms with Gasteiger partial charge in [-0.25, -0.2) is 14.6 Å². The molecular weight excluding hydrogens is 486 g/mol. The monoisotopic (exact) mass is 525 g/mol. The fourth-order valence-electron chi connectivity index (χ4n) is 4.51. The van der Waals surface area contributed by atoms with Crippen molar-refractivity contribution in [3.63, 3.8) is 0 Å². The Morgan fingerprint density at radius 2 is 1.61 bits per heavy atom. The summed E-state index contributed by atoms with van der Waals surface area (Å²) < 4.78 is 5.51. The minimum Gasteiger partial charge on any atom is -0.479 e. The number of rotatable bonds is 14. The van der Waals surface area contributed by atoms with Crippen LogP contribution in [0, 0.1) is 11.3 Å². The Kier molecular flexibility index (Phi) is 11.4. The second-order valence-corrected chi connectivity index (χ2v) is 9.06. The summed E-state index contributed by atoms with van der Waals surface area (Å²) in [7, 11) is 0. The standard InChI is InChI=1S/C27H39N7O4/c1-3-27(23(35)36,33(4-2)26(37)38-19-21-13-9-6-10-14-21)16-15-22(17-20-11-7-5-8-12-20)18-34(25(30)31)32-24(28)29/h5-14,22H,3-4,15-19H2,1-2H3,(H3,30,31)(H,35,36)(H4,28,29,32)/t22?,27-/m1/s1. The van der Waals surface area contributed by atoms with E-state index >= 15 is 0 Å². The van der Waals surface area contributed by atoms with Crippen molar-refractivity contribution in [2.24, 2.45) is 28.2 Å². The van der Waals surface area contributed by atoms with Crippen molar-refractivity contribution >= 4 is 24.0 Å². The summed E-state index contributed by atoms with van der Waals surface area (Å²) in [6, 6.07) is 18.9. The molecule has 0 spiro atoms. The molecule has 0 aliphatic carbocycles. The maximum atomic E-state index is 13.1. The lowest BCUT2D eigenvalue weighted by atomic mass is 9.83. The zero-order valence-electron chi connectivity index (χ0n) is 22.0. The van der Waals surface area contributed by atoms with E-state index in [1.54, 1.807) is 13.8 Å². The first-order chi connectivity index (χ1) is 18.1. The van der Waals surface area contributed by atoms with Crippen molar-refractivity contribution in [3.05, 3.63) is 71.8 Å². The number of nitrogens with zero attached hydrogens (tertiary/aromatic N) is 3. The second-order valence-electron chi connectivity index (χ2n) is 9.06. The Morgan fingerprint density at radius 3 is 2.08 bits per heavy atom. The third kappa shape index (κ3) is 8.39. The van der Waals surface area contributed by atoms with Crippen LogP contribution in [-0.4, -0.2) is 57.6 Å². The molecule has 0 radical (unpaired) electrons. The molecule has 0 aromatic heterocycles. The van der Waals surface area contributed by atoms with Gasteiger partial charge in [0.25, 0.3) is 0 Å². The van der Waals surface area contributed by atoms with Crippen LogP contribution in [0.2, 0.25) is 0 Å². The van der Waals surface area contributed by atoms with Crippen LogP contribution in [0.4, 0.5) is 4.79 Å². The summed E-state index contributed by atoms with van der Waals surface area (Å²) in [4.78, 5) is 27.1. The van der Waals surface area contributed by atoms with Crippen LogP contribution in [0.15, 0.2) is 65.8 Å². The molecule has 2 rings (SSSR count). The number of hydrogen-bond donors (Lipinski definition) is 5. The molecule has 1 unspecified atom stereocenters. The molecule has 11 nitrogen and oxygen atoms in total. The number of carboxylic acids is 1. The molecule has 0 aliphatic heterocycles. The predicted octanol–water partition coefficient (Wildman–Crippen LogP) is 2.90. The van der Waals surface area contributed by atoms with Gasteiger partial charge in [0.1, 0.15) is 12.1 Å². The lowest BCUT2D eigenvalue weighted by molar-refractivity contribution is -0.151. The first-order valence-corrected chi connectivity index (χ1v) is 12.6. The lowest BCUT2D eigenvalue weighted by Crippen LogP contribution is -2.57. The number of nitrogens with one attached hydrogen (secondary N) is 1. The van der Waals surface area contributed by atoms with Crippen LogP contribution in [0.5, 0.6) is 0 Å². The highest BCUT2D eigenvalue weighted by molar-refractivity contribution is 5.84. The molecule has 38 heavy (non-hydrogen) atoms. The highest BCUT2D eigenvalue weighted by Gasteiger charge is 2.45. The van der Waals surface area contributed by atoms with E-state index in [2.05, 4.69) is 5.10 Å². The molecule has 0 heterocycles. The third-order valence-corrected chi connectivity index (χ3v) is 6.52. The molecule has 0 saturated heterocycles. The molecule has 2 aromatic rings. The average Bonchev–Trinajstić information content (AvgIpc) is 2.89. The number of carboxylic acid groups (broad SMARTS) is 1. The minimum atomic E-state index is -1.49. The van der Waals surface area contributed by atoms with E-state index in [4.69, 9.17) is 27.3 Å². The quantitative estimate of drug-likeness (QED) is 0.142. The number of amides is 1. The molecule has 2 aromatic carbocycles. The molecule has 1 amide bonds. The molecule has 2 atom stereocenters. The van der Waals surface area contributed by atoms with Gasteiger partial charge in [-0.2, -0.15) is 0 Å². The molecule has 0 bridgehead atoms. The number of carbonyl (C=O) groups excluding carboxylic acids is 1. The van der Waals surface area contributed by atoms with Crippen molar-refractivity contribution < 1.29 is 19.4 Å². The Morgan fingerprint density at radius 1 is 1.03 bits per heavy atom. The molecule has 0 fully saturated rings. The third-order valence-electron chi connectivity index (χ3n) is 6.52. The Labute approximate surface area is 223 Å². The van der Waals surface area contributed by atoms with Crippen molar-refractivity contribution in [1.82, 2.24) is 9.91 Å². The number of hydrogen-bond acceptors (Lipinski definition) is 5. The fourth-order valence-corrected chi connectivity index (χ4v) is 4.51. The highest BCUT2D eigenvalue weighted by atomic mass is 16.6. The summed E-state index contributed by atoms with van der Waals surface area (Å²) in [5, 5.41) is 23.4. The summed E-state index contributed by atoms with van der Waals surface area (Å²) in [5.74, 6) is -1.88. The zero-order chi connectivity index (χ0) is 28.1. The number of likely N-dealkylation sites (N-methyl/N-ethyl adjacent to an activating group) is 1. The van der Waals surface area contributed by atoms with Crippen molar-refractivity contribution in [3.8, 4) is 0 Å². The van der Waals surface area contributed by atoms with Gasteiger partial charge in [0.05, 0.1) is 0 Å². The van der Waals surface area contributed by atoms with E-state index in [-0.39, 0.29) is 50.4 Å². The van der Waals surface area contributed by atoms with Crippen LogP contribution >= 0.6 is 0 Å². The van der Waals surface area contributed by atoms with E-state index in [1.807, 2.05) is 60.7 Å². The van der Waals surface area contributed by atoms with Gasteiger partial charge in [0.2, 0.25) is 11.9 Å². The first-order valence-electron chi connectivity index (χ1n) is 12.6. The summed E-state index contributed by atoms with van der Waals surface area (Å²) in [6.07, 6.45) is 0.596. The molecule has 8 N–H and O–H groups in total. The van der Waals surface area contributed by atoms with E-state index in [1.165, 1.54) is 9.91 Å². The number of carbonyl (C=O) groups is 2. The molecule has 206 valence electrons. The van der Waals surface area contributed by atoms with Crippen molar-refractivity contribution in [2.75, 3.05) is 13.1 Å². The Balaban J connectivity index is 2.29. The first kappa shape index (κ1) is 29.9. The van der Waals surface area contributed by atoms with Crippen LogP contribution < -0.4 is 17.2 Å².